The zero-order chi connectivity index (χ0) is 27.3. The van der Waals surface area contributed by atoms with Crippen LogP contribution < -0.4 is 21.8 Å². The van der Waals surface area contributed by atoms with E-state index < -0.39 is 69.9 Å². The first-order chi connectivity index (χ1) is 16.6. The number of aromatic amines is 2. The van der Waals surface area contributed by atoms with Crippen molar-refractivity contribution in [1.29, 1.82) is 0 Å². The number of H-pyrrole nitrogens is 2. The number of hydrogen-bond donors (Lipinski definition) is 10. The van der Waals surface area contributed by atoms with Crippen molar-refractivity contribution < 1.29 is 53.2 Å². The van der Waals surface area contributed by atoms with Crippen LogP contribution in [0.2, 0.25) is 0 Å². The Morgan fingerprint density at radius 1 is 1.28 bits per heavy atom. The van der Waals surface area contributed by atoms with Crippen LogP contribution in [0.25, 0.3) is 0 Å². The number of nitrogens with zero attached hydrogens (tertiary/aromatic N) is 2. The molecule has 1 aliphatic rings. The molecule has 6 atom stereocenters. The number of aliphatic carboxylic acids is 1. The Morgan fingerprint density at radius 3 is 2.47 bits per heavy atom. The van der Waals surface area contributed by atoms with Crippen LogP contribution in [0.15, 0.2) is 34.4 Å². The Kier molecular flexibility index (Phi) is 10.0. The Labute approximate surface area is 200 Å². The summed E-state index contributed by atoms with van der Waals surface area (Å²) in [6.45, 7) is -0.840. The Morgan fingerprint density at radius 2 is 1.94 bits per heavy atom. The molecule has 36 heavy (non-hydrogen) atoms. The molecule has 1 fully saturated rings. The van der Waals surface area contributed by atoms with Crippen LogP contribution in [0.1, 0.15) is 11.9 Å². The number of nitrogens with two attached hydrogens (primary N) is 1. The van der Waals surface area contributed by atoms with Gasteiger partial charge in [0.2, 0.25) is 0 Å². The predicted molar refractivity (Wildman–Crippen MR) is 116 cm³/mol. The highest BCUT2D eigenvalue weighted by molar-refractivity contribution is 7.66. The normalized spacial score (nSPS) is 24.4. The summed E-state index contributed by atoms with van der Waals surface area (Å²) < 4.78 is 32.5. The number of hydrogen-bond acceptors (Lipinski definition) is 11. The highest BCUT2D eigenvalue weighted by atomic mass is 31.3. The van der Waals surface area contributed by atoms with Crippen molar-refractivity contribution in [2.45, 2.75) is 37.0 Å². The first-order valence-electron chi connectivity index (χ1n) is 9.71. The van der Waals surface area contributed by atoms with E-state index in [0.717, 1.165) is 27.4 Å². The molecule has 0 spiro atoms. The number of aliphatic hydroxyl groups is 2. The average molecular weight is 558 g/mol. The van der Waals surface area contributed by atoms with Gasteiger partial charge in [-0.05, 0) is 0 Å². The standard InChI is InChI=1S/C9H15N3O11P2.C6H9N3O2/c13-5-1-2-12(9(16)10-5)8-7(15)6(14)4(23-8)3-22-25(20,21)11-24(17,18)19;7-5(6(10)11)1-4-2-8-3-9-4/h1-2,4,6-8,14-15H,3H2,(H,10,13,16)(H4,11,17,18,19,20,21);2-3,5H,1,7H2,(H,8,9)(H,10,11)/t4-,6-,7-,8-;5-/m10/s1. The van der Waals surface area contributed by atoms with E-state index in [0.29, 0.717) is 0 Å². The monoisotopic (exact) mass is 558 g/mol. The molecule has 3 rings (SSSR count). The van der Waals surface area contributed by atoms with Crippen LogP contribution in [-0.2, 0) is 29.6 Å². The van der Waals surface area contributed by atoms with E-state index in [-0.39, 0.29) is 6.42 Å². The molecule has 1 saturated heterocycles. The van der Waals surface area contributed by atoms with Crippen molar-refractivity contribution in [1.82, 2.24) is 24.4 Å². The van der Waals surface area contributed by atoms with Crippen molar-refractivity contribution in [2.75, 3.05) is 6.61 Å². The molecule has 0 radical (unpaired) electrons. The maximum absolute atomic E-state index is 11.7. The Bertz CT molecular complexity index is 1230. The van der Waals surface area contributed by atoms with Crippen molar-refractivity contribution in [2.24, 2.45) is 5.73 Å². The predicted octanol–water partition coefficient (Wildman–Crippen LogP) is -3.68. The summed E-state index contributed by atoms with van der Waals surface area (Å²) in [5, 5.41) is 28.2. The summed E-state index contributed by atoms with van der Waals surface area (Å²) in [5.74, 6) is -1.00. The quantitative estimate of drug-likeness (QED) is 0.132. The lowest BCUT2D eigenvalue weighted by atomic mass is 10.1. The van der Waals surface area contributed by atoms with Crippen LogP contribution in [0.3, 0.4) is 0 Å². The molecule has 202 valence electrons. The average Bonchev–Trinajstić information content (AvgIpc) is 3.34. The number of aliphatic hydroxyl groups excluding tert-OH is 2. The largest absolute Gasteiger partial charge is 0.480 e. The van der Waals surface area contributed by atoms with Gasteiger partial charge in [0.15, 0.2) is 6.23 Å². The van der Waals surface area contributed by atoms with Crippen LogP contribution >= 0.6 is 15.5 Å². The summed E-state index contributed by atoms with van der Waals surface area (Å²) in [6, 6.07) is 0.120. The molecule has 2 aromatic rings. The topological polar surface area (TPSA) is 313 Å². The minimum atomic E-state index is -5.07. The number of aromatic nitrogens is 4. The maximum atomic E-state index is 11.7. The van der Waals surface area contributed by atoms with Crippen molar-refractivity contribution in [3.8, 4) is 0 Å². The van der Waals surface area contributed by atoms with Gasteiger partial charge in [-0.2, -0.15) is 0 Å². The lowest BCUT2D eigenvalue weighted by Gasteiger charge is -2.18. The maximum Gasteiger partial charge on any atom is 0.412 e. The van der Waals surface area contributed by atoms with E-state index in [1.165, 1.54) is 6.33 Å². The van der Waals surface area contributed by atoms with Gasteiger partial charge in [-0.1, -0.05) is 0 Å². The van der Waals surface area contributed by atoms with Gasteiger partial charge in [0.25, 0.3) is 5.56 Å². The molecule has 1 aliphatic heterocycles. The number of ether oxygens (including phenoxy) is 1. The van der Waals surface area contributed by atoms with Crippen LogP contribution in [0.5, 0.6) is 0 Å². The second-order valence-corrected chi connectivity index (χ2v) is 10.4. The SMILES string of the molecule is N[C@@H](Cc1cnc[nH]1)C(=O)O.O=c1ccn([C@@H]2O[C@H](COP(=O)(O)NP(=O)(O)O)[C@@H](O)[C@H]2O)c(=O)[nH]1. The van der Waals surface area contributed by atoms with Gasteiger partial charge in [-0.3, -0.25) is 23.7 Å². The number of carboxylic acids is 1. The van der Waals surface area contributed by atoms with Gasteiger partial charge in [0, 0.05) is 30.6 Å². The molecule has 2 aromatic heterocycles. The zero-order valence-corrected chi connectivity index (χ0v) is 19.8. The third-order valence-corrected chi connectivity index (χ3v) is 7.00. The highest BCUT2D eigenvalue weighted by Crippen LogP contribution is 2.48. The summed E-state index contributed by atoms with van der Waals surface area (Å²) in [4.78, 5) is 68.9. The van der Waals surface area contributed by atoms with Gasteiger partial charge in [-0.25, -0.2) is 18.9 Å². The van der Waals surface area contributed by atoms with E-state index in [1.54, 1.807) is 6.20 Å². The number of carboxylic acid groups (broad SMARTS) is 1. The fraction of sp³-hybridized carbons (Fsp3) is 0.467. The lowest BCUT2D eigenvalue weighted by Crippen LogP contribution is -2.37. The van der Waals surface area contributed by atoms with E-state index in [9.17, 15) is 38.6 Å². The lowest BCUT2D eigenvalue weighted by molar-refractivity contribution is -0.138. The van der Waals surface area contributed by atoms with Gasteiger partial charge >= 0.3 is 27.2 Å². The van der Waals surface area contributed by atoms with Crippen molar-refractivity contribution in [3.05, 3.63) is 51.3 Å². The van der Waals surface area contributed by atoms with Crippen molar-refractivity contribution >= 4 is 21.5 Å². The molecule has 0 bridgehead atoms. The highest BCUT2D eigenvalue weighted by Gasteiger charge is 2.45. The number of nitrogens with one attached hydrogen (secondary N) is 3. The van der Waals surface area contributed by atoms with Gasteiger partial charge in [0.05, 0.1) is 12.9 Å². The summed E-state index contributed by atoms with van der Waals surface area (Å²) >= 11 is 0. The summed E-state index contributed by atoms with van der Waals surface area (Å²) in [6.07, 6.45) is -1.79. The molecule has 0 saturated carbocycles. The molecular weight excluding hydrogens is 534 g/mol. The molecule has 19 nitrogen and oxygen atoms in total. The first-order valence-corrected chi connectivity index (χ1v) is 12.9. The Hall–Kier alpha value is -2.54. The summed E-state index contributed by atoms with van der Waals surface area (Å²) in [7, 11) is -9.99. The molecule has 0 aliphatic carbocycles. The fourth-order valence-corrected chi connectivity index (χ4v) is 4.71. The van der Waals surface area contributed by atoms with Gasteiger partial charge < -0.3 is 45.5 Å². The molecule has 11 N–H and O–H groups in total. The van der Waals surface area contributed by atoms with Gasteiger partial charge in [0.1, 0.15) is 24.4 Å². The zero-order valence-electron chi connectivity index (χ0n) is 18.0. The molecule has 0 aromatic carbocycles. The third-order valence-electron chi connectivity index (χ3n) is 4.44. The first kappa shape index (κ1) is 29.7. The van der Waals surface area contributed by atoms with E-state index in [1.807, 2.05) is 4.98 Å². The number of imidazole rings is 1. The minimum absolute atomic E-state index is 0.287. The van der Waals surface area contributed by atoms with Crippen LogP contribution in [0, 0.1) is 0 Å². The van der Waals surface area contributed by atoms with E-state index >= 15 is 0 Å². The smallest absolute Gasteiger partial charge is 0.412 e. The molecule has 3 heterocycles. The van der Waals surface area contributed by atoms with E-state index in [2.05, 4.69) is 14.5 Å². The van der Waals surface area contributed by atoms with Crippen LogP contribution in [0.4, 0.5) is 0 Å². The number of rotatable bonds is 9. The van der Waals surface area contributed by atoms with Gasteiger partial charge in [-0.15, -0.1) is 4.86 Å². The number of carbonyl (C=O) groups is 1. The third kappa shape index (κ3) is 8.84. The fourth-order valence-electron chi connectivity index (χ4n) is 2.81. The minimum Gasteiger partial charge on any atom is -0.480 e. The molecule has 21 heteroatoms. The second kappa shape index (κ2) is 12.1. The van der Waals surface area contributed by atoms with Crippen LogP contribution in [-0.4, -0.2) is 86.4 Å². The second-order valence-electron chi connectivity index (χ2n) is 7.25. The van der Waals surface area contributed by atoms with E-state index in [4.69, 9.17) is 25.4 Å². The Balaban J connectivity index is 0.000000346. The molecule has 1 unspecified atom stereocenters. The van der Waals surface area contributed by atoms with Crippen molar-refractivity contribution in [3.63, 3.8) is 0 Å². The molecular formula is C15H24N6O13P2. The summed E-state index contributed by atoms with van der Waals surface area (Å²) in [5.41, 5.74) is 4.37. The molecule has 0 amide bonds.